The molecule has 3 aromatic rings. The molecular formula is C19H15ClN2O5S. The van der Waals surface area contributed by atoms with Gasteiger partial charge >= 0.3 is 5.97 Å². The largest absolute Gasteiger partial charge is 0.450 e. The van der Waals surface area contributed by atoms with Gasteiger partial charge in [-0.2, -0.15) is 0 Å². The first-order valence-corrected chi connectivity index (χ1v) is 9.72. The zero-order chi connectivity index (χ0) is 19.8. The average molecular weight is 419 g/mol. The van der Waals surface area contributed by atoms with Gasteiger partial charge in [0.05, 0.1) is 5.56 Å². The number of thiophene rings is 1. The van der Waals surface area contributed by atoms with Gasteiger partial charge in [-0.05, 0) is 49.1 Å². The van der Waals surface area contributed by atoms with Crippen LogP contribution in [0.2, 0.25) is 5.02 Å². The number of anilines is 1. The van der Waals surface area contributed by atoms with Gasteiger partial charge in [-0.3, -0.25) is 9.59 Å². The van der Waals surface area contributed by atoms with Gasteiger partial charge in [0, 0.05) is 15.3 Å². The first-order valence-electron chi connectivity index (χ1n) is 8.53. The molecule has 0 aliphatic heterocycles. The van der Waals surface area contributed by atoms with Gasteiger partial charge in [0.1, 0.15) is 10.6 Å². The third kappa shape index (κ3) is 3.48. The average Bonchev–Trinajstić information content (AvgIpc) is 3.32. The number of nitrogens with two attached hydrogens (primary N) is 1. The second-order valence-electron chi connectivity index (χ2n) is 6.34. The number of carbonyl (C=O) groups is 3. The van der Waals surface area contributed by atoms with Crippen molar-refractivity contribution in [3.05, 3.63) is 51.1 Å². The first-order chi connectivity index (χ1) is 13.4. The fraction of sp³-hybridized carbons (Fsp3) is 0.211. The van der Waals surface area contributed by atoms with Crippen molar-refractivity contribution in [2.24, 2.45) is 5.73 Å². The Morgan fingerprint density at radius 2 is 2.07 bits per heavy atom. The molecule has 0 spiro atoms. The number of amides is 2. The summed E-state index contributed by atoms with van der Waals surface area (Å²) in [6, 6.07) is 6.44. The van der Waals surface area contributed by atoms with Crippen LogP contribution in [-0.2, 0) is 22.4 Å². The molecule has 0 unspecified atom stereocenters. The van der Waals surface area contributed by atoms with Crippen LogP contribution >= 0.6 is 22.9 Å². The molecular weight excluding hydrogens is 404 g/mol. The van der Waals surface area contributed by atoms with E-state index >= 15 is 0 Å². The first kappa shape index (κ1) is 18.5. The number of nitrogens with one attached hydrogen (secondary N) is 1. The highest BCUT2D eigenvalue weighted by molar-refractivity contribution is 7.17. The minimum atomic E-state index is -0.772. The summed E-state index contributed by atoms with van der Waals surface area (Å²) in [5.74, 6) is -1.94. The second kappa shape index (κ2) is 7.29. The molecule has 2 amide bonds. The Labute approximate surface area is 168 Å². The minimum Gasteiger partial charge on any atom is -0.450 e. The van der Waals surface area contributed by atoms with Crippen molar-refractivity contribution in [3.63, 3.8) is 0 Å². The standard InChI is InChI=1S/C19H15ClN2O5S/c20-10-4-5-12-9(6-10)7-13(27-12)19(25)26-8-15(23)22-18-16(17(21)24)11-2-1-3-14(11)28-18/h4-7H,1-3,8H2,(H2,21,24)(H,22,23). The van der Waals surface area contributed by atoms with Crippen LogP contribution in [0.1, 0.15) is 37.8 Å². The lowest BCUT2D eigenvalue weighted by Crippen LogP contribution is -2.22. The molecule has 1 aliphatic rings. The molecule has 2 aromatic heterocycles. The number of aryl methyl sites for hydroxylation is 1. The summed E-state index contributed by atoms with van der Waals surface area (Å²) in [7, 11) is 0. The maximum atomic E-state index is 12.2. The SMILES string of the molecule is NC(=O)c1c(NC(=O)COC(=O)c2cc3cc(Cl)ccc3o2)sc2c1CCC2. The van der Waals surface area contributed by atoms with E-state index < -0.39 is 24.4 Å². The molecule has 28 heavy (non-hydrogen) atoms. The van der Waals surface area contributed by atoms with E-state index in [0.717, 1.165) is 29.7 Å². The van der Waals surface area contributed by atoms with Crippen LogP contribution in [-0.4, -0.2) is 24.4 Å². The Bertz CT molecular complexity index is 1120. The van der Waals surface area contributed by atoms with Gasteiger partial charge < -0.3 is 20.2 Å². The molecule has 0 saturated carbocycles. The Morgan fingerprint density at radius 3 is 2.86 bits per heavy atom. The fourth-order valence-corrected chi connectivity index (χ4v) is 4.72. The Morgan fingerprint density at radius 1 is 1.25 bits per heavy atom. The number of esters is 1. The number of carbonyl (C=O) groups excluding carboxylic acids is 3. The summed E-state index contributed by atoms with van der Waals surface area (Å²) < 4.78 is 10.4. The molecule has 4 rings (SSSR count). The molecule has 0 fully saturated rings. The van der Waals surface area contributed by atoms with Crippen molar-refractivity contribution in [3.8, 4) is 0 Å². The molecule has 0 radical (unpaired) electrons. The lowest BCUT2D eigenvalue weighted by Gasteiger charge is -2.06. The zero-order valence-corrected chi connectivity index (χ0v) is 16.1. The normalized spacial score (nSPS) is 12.8. The minimum absolute atomic E-state index is 0.0296. The highest BCUT2D eigenvalue weighted by atomic mass is 35.5. The Balaban J connectivity index is 1.42. The number of hydrogen-bond acceptors (Lipinski definition) is 6. The zero-order valence-electron chi connectivity index (χ0n) is 14.5. The third-order valence-corrected chi connectivity index (χ3v) is 5.88. The van der Waals surface area contributed by atoms with Gasteiger partial charge in [-0.15, -0.1) is 11.3 Å². The van der Waals surface area contributed by atoms with Crippen molar-refractivity contribution >= 4 is 56.7 Å². The monoisotopic (exact) mass is 418 g/mol. The maximum Gasteiger partial charge on any atom is 0.374 e. The number of benzene rings is 1. The van der Waals surface area contributed by atoms with E-state index in [1.165, 1.54) is 17.4 Å². The van der Waals surface area contributed by atoms with E-state index in [4.69, 9.17) is 26.5 Å². The van der Waals surface area contributed by atoms with Crippen molar-refractivity contribution < 1.29 is 23.5 Å². The van der Waals surface area contributed by atoms with Crippen LogP contribution in [0.25, 0.3) is 11.0 Å². The predicted molar refractivity (Wildman–Crippen MR) is 105 cm³/mol. The summed E-state index contributed by atoms with van der Waals surface area (Å²) in [6.07, 6.45) is 2.60. The van der Waals surface area contributed by atoms with Crippen molar-refractivity contribution in [2.75, 3.05) is 11.9 Å². The number of hydrogen-bond donors (Lipinski definition) is 2. The third-order valence-electron chi connectivity index (χ3n) is 4.43. The fourth-order valence-electron chi connectivity index (χ4n) is 3.23. The molecule has 2 heterocycles. The van der Waals surface area contributed by atoms with E-state index in [1.807, 2.05) is 0 Å². The van der Waals surface area contributed by atoms with Gasteiger partial charge in [0.2, 0.25) is 5.76 Å². The number of ether oxygens (including phenoxy) is 1. The second-order valence-corrected chi connectivity index (χ2v) is 7.88. The smallest absolute Gasteiger partial charge is 0.374 e. The molecule has 1 aromatic carbocycles. The van der Waals surface area contributed by atoms with Gasteiger partial charge in [0.15, 0.2) is 6.61 Å². The maximum absolute atomic E-state index is 12.2. The van der Waals surface area contributed by atoms with E-state index in [0.29, 0.717) is 26.6 Å². The Kier molecular flexibility index (Phi) is 4.82. The lowest BCUT2D eigenvalue weighted by atomic mass is 10.1. The van der Waals surface area contributed by atoms with Crippen LogP contribution in [0.15, 0.2) is 28.7 Å². The summed E-state index contributed by atoms with van der Waals surface area (Å²) in [4.78, 5) is 37.1. The van der Waals surface area contributed by atoms with Gasteiger partial charge in [0.25, 0.3) is 11.8 Å². The Hall–Kier alpha value is -2.84. The quantitative estimate of drug-likeness (QED) is 0.615. The van der Waals surface area contributed by atoms with E-state index in [1.54, 1.807) is 18.2 Å². The summed E-state index contributed by atoms with van der Waals surface area (Å²) in [5.41, 5.74) is 7.21. The number of halogens is 1. The van der Waals surface area contributed by atoms with Crippen molar-refractivity contribution in [1.29, 1.82) is 0 Å². The van der Waals surface area contributed by atoms with Gasteiger partial charge in [-0.1, -0.05) is 11.6 Å². The highest BCUT2D eigenvalue weighted by Gasteiger charge is 2.26. The van der Waals surface area contributed by atoms with Crippen molar-refractivity contribution in [2.45, 2.75) is 19.3 Å². The topological polar surface area (TPSA) is 112 Å². The van der Waals surface area contributed by atoms with E-state index in [2.05, 4.69) is 5.32 Å². The van der Waals surface area contributed by atoms with Gasteiger partial charge in [-0.25, -0.2) is 4.79 Å². The van der Waals surface area contributed by atoms with Crippen molar-refractivity contribution in [1.82, 2.24) is 0 Å². The summed E-state index contributed by atoms with van der Waals surface area (Å²) in [6.45, 7) is -0.516. The van der Waals surface area contributed by atoms with Crippen LogP contribution < -0.4 is 11.1 Å². The molecule has 9 heteroatoms. The van der Waals surface area contributed by atoms with E-state index in [-0.39, 0.29) is 5.76 Å². The van der Waals surface area contributed by atoms with Crippen LogP contribution in [0.5, 0.6) is 0 Å². The van der Waals surface area contributed by atoms with Crippen LogP contribution in [0.4, 0.5) is 5.00 Å². The summed E-state index contributed by atoms with van der Waals surface area (Å²) >= 11 is 7.24. The number of furan rings is 1. The van der Waals surface area contributed by atoms with Crippen LogP contribution in [0, 0.1) is 0 Å². The predicted octanol–water partition coefficient (Wildman–Crippen LogP) is 3.53. The number of primary amides is 1. The molecule has 1 aliphatic carbocycles. The number of fused-ring (bicyclic) bond motifs is 2. The molecule has 0 atom stereocenters. The summed E-state index contributed by atoms with van der Waals surface area (Å²) in [5, 5.41) is 4.19. The molecule has 144 valence electrons. The van der Waals surface area contributed by atoms with E-state index in [9.17, 15) is 14.4 Å². The molecule has 3 N–H and O–H groups in total. The molecule has 0 saturated heterocycles. The van der Waals surface area contributed by atoms with Crippen LogP contribution in [0.3, 0.4) is 0 Å². The molecule has 7 nitrogen and oxygen atoms in total. The number of rotatable bonds is 5. The lowest BCUT2D eigenvalue weighted by molar-refractivity contribution is -0.119. The molecule has 0 bridgehead atoms. The highest BCUT2D eigenvalue weighted by Crippen LogP contribution is 2.38.